The molecule has 0 fully saturated rings. The second kappa shape index (κ2) is 12.2. The molecule has 0 aliphatic heterocycles. The molecule has 5 heteroatoms. The van der Waals surface area contributed by atoms with E-state index in [0.29, 0.717) is 46.4 Å². The maximum absolute atomic E-state index is 13.2. The smallest absolute Gasteiger partial charge is 0.204 e. The third-order valence-electron chi connectivity index (χ3n) is 6.96. The van der Waals surface area contributed by atoms with Crippen LogP contribution >= 0.6 is 0 Å². The van der Waals surface area contributed by atoms with Crippen LogP contribution in [0.5, 0.6) is 5.75 Å². The Hall–Kier alpha value is -2.37. The lowest BCUT2D eigenvalue weighted by Gasteiger charge is -2.33. The molecule has 0 bridgehead atoms. The van der Waals surface area contributed by atoms with Crippen LogP contribution in [0.2, 0.25) is 0 Å². The summed E-state index contributed by atoms with van der Waals surface area (Å²) in [7, 11) is 0. The predicted octanol–water partition coefficient (Wildman–Crippen LogP) is 5.94. The van der Waals surface area contributed by atoms with E-state index in [0.717, 1.165) is 39.0 Å². The van der Waals surface area contributed by atoms with Crippen molar-refractivity contribution >= 4 is 21.9 Å². The van der Waals surface area contributed by atoms with Crippen LogP contribution in [-0.2, 0) is 0 Å². The highest BCUT2D eigenvalue weighted by molar-refractivity contribution is 5.93. The van der Waals surface area contributed by atoms with Crippen molar-refractivity contribution in [3.05, 3.63) is 52.7 Å². The van der Waals surface area contributed by atoms with Crippen LogP contribution in [0.1, 0.15) is 53.9 Å². The van der Waals surface area contributed by atoms with Gasteiger partial charge in [-0.15, -0.1) is 0 Å². The van der Waals surface area contributed by atoms with E-state index in [1.807, 2.05) is 42.5 Å². The molecule has 5 nitrogen and oxygen atoms in total. The lowest BCUT2D eigenvalue weighted by atomic mass is 10.0. The summed E-state index contributed by atoms with van der Waals surface area (Å²) in [5.41, 5.74) is 1.15. The van der Waals surface area contributed by atoms with Gasteiger partial charge in [0, 0.05) is 12.1 Å². The first kappa shape index (κ1) is 25.3. The molecule has 180 valence electrons. The van der Waals surface area contributed by atoms with Gasteiger partial charge < -0.3 is 19.0 Å². The normalized spacial score (nSPS) is 13.8. The number of ether oxygens (including phenoxy) is 1. The molecule has 1 aromatic heterocycles. The van der Waals surface area contributed by atoms with E-state index >= 15 is 0 Å². The fraction of sp³-hybridized carbons (Fsp3) is 0.536. The highest BCUT2D eigenvalue weighted by atomic mass is 16.5. The average molecular weight is 453 g/mol. The fourth-order valence-corrected chi connectivity index (χ4v) is 4.95. The summed E-state index contributed by atoms with van der Waals surface area (Å²) in [4.78, 5) is 18.2. The first-order valence-electron chi connectivity index (χ1n) is 12.6. The Kier molecular flexibility index (Phi) is 9.33. The van der Waals surface area contributed by atoms with E-state index in [9.17, 15) is 4.79 Å². The van der Waals surface area contributed by atoms with Gasteiger partial charge in [0.05, 0.1) is 12.0 Å². The number of benzene rings is 2. The summed E-state index contributed by atoms with van der Waals surface area (Å²) in [6.07, 6.45) is 3.25. The van der Waals surface area contributed by atoms with Gasteiger partial charge in [-0.2, -0.15) is 0 Å². The Morgan fingerprint density at radius 2 is 1.48 bits per heavy atom. The van der Waals surface area contributed by atoms with Crippen LogP contribution < -0.4 is 10.2 Å². The van der Waals surface area contributed by atoms with Crippen LogP contribution in [0, 0.1) is 0 Å². The van der Waals surface area contributed by atoms with Crippen molar-refractivity contribution in [1.29, 1.82) is 0 Å². The standard InChI is InChI=1S/C28H40N2O3/c1-6-29(7-2)21(5)17-18-22(30(8-3)9-4)19-20-32-25-15-12-16-26-27(25)28(31)23-13-10-11-14-24(23)33-26/h10-16,21-22H,6-9,17-20H2,1-5H3. The van der Waals surface area contributed by atoms with Crippen molar-refractivity contribution in [1.82, 2.24) is 9.80 Å². The van der Waals surface area contributed by atoms with Crippen LogP contribution in [0.3, 0.4) is 0 Å². The first-order valence-corrected chi connectivity index (χ1v) is 12.6. The number of fused-ring (bicyclic) bond motifs is 2. The summed E-state index contributed by atoms with van der Waals surface area (Å²) in [5.74, 6) is 0.613. The Bertz CT molecular complexity index is 1070. The van der Waals surface area contributed by atoms with Crippen LogP contribution in [0.4, 0.5) is 0 Å². The van der Waals surface area contributed by atoms with Gasteiger partial charge >= 0.3 is 0 Å². The van der Waals surface area contributed by atoms with Crippen molar-refractivity contribution in [3.63, 3.8) is 0 Å². The maximum atomic E-state index is 13.2. The Morgan fingerprint density at radius 3 is 2.18 bits per heavy atom. The zero-order valence-electron chi connectivity index (χ0n) is 21.0. The molecule has 0 saturated carbocycles. The van der Waals surface area contributed by atoms with Gasteiger partial charge in [-0.05, 0) is 76.6 Å². The fourth-order valence-electron chi connectivity index (χ4n) is 4.95. The lowest BCUT2D eigenvalue weighted by Crippen LogP contribution is -2.39. The molecule has 2 unspecified atom stereocenters. The van der Waals surface area contributed by atoms with Crippen LogP contribution in [0.15, 0.2) is 51.7 Å². The topological polar surface area (TPSA) is 45.9 Å². The number of nitrogens with zero attached hydrogens (tertiary/aromatic N) is 2. The molecule has 33 heavy (non-hydrogen) atoms. The van der Waals surface area contributed by atoms with Gasteiger partial charge in [0.2, 0.25) is 5.43 Å². The van der Waals surface area contributed by atoms with Crippen molar-refractivity contribution in [2.45, 2.75) is 66.0 Å². The molecule has 0 aliphatic carbocycles. The van der Waals surface area contributed by atoms with E-state index < -0.39 is 0 Å². The minimum absolute atomic E-state index is 0.0317. The van der Waals surface area contributed by atoms with E-state index in [-0.39, 0.29) is 5.43 Å². The molecule has 0 aliphatic rings. The molecular weight excluding hydrogens is 412 g/mol. The molecule has 1 heterocycles. The average Bonchev–Trinajstić information content (AvgIpc) is 2.83. The van der Waals surface area contributed by atoms with E-state index in [4.69, 9.17) is 9.15 Å². The summed E-state index contributed by atoms with van der Waals surface area (Å²) in [6.45, 7) is 16.1. The Balaban J connectivity index is 1.74. The highest BCUT2D eigenvalue weighted by Crippen LogP contribution is 2.26. The monoisotopic (exact) mass is 452 g/mol. The molecule has 2 aromatic carbocycles. The highest BCUT2D eigenvalue weighted by Gasteiger charge is 2.19. The van der Waals surface area contributed by atoms with E-state index in [2.05, 4.69) is 44.4 Å². The van der Waals surface area contributed by atoms with Gasteiger partial charge in [-0.3, -0.25) is 4.79 Å². The third-order valence-corrected chi connectivity index (χ3v) is 6.96. The van der Waals surface area contributed by atoms with Gasteiger partial charge in [0.15, 0.2) is 0 Å². The number of hydrogen-bond donors (Lipinski definition) is 0. The SMILES string of the molecule is CCN(CC)C(C)CCC(CCOc1cccc2oc3ccccc3c(=O)c12)N(CC)CC. The van der Waals surface area contributed by atoms with Crippen LogP contribution in [0.25, 0.3) is 21.9 Å². The van der Waals surface area contributed by atoms with Gasteiger partial charge in [0.25, 0.3) is 0 Å². The number of hydrogen-bond acceptors (Lipinski definition) is 5. The Labute approximate surface area is 198 Å². The summed E-state index contributed by atoms with van der Waals surface area (Å²) >= 11 is 0. The molecule has 0 radical (unpaired) electrons. The van der Waals surface area contributed by atoms with E-state index in [1.165, 1.54) is 6.42 Å². The maximum Gasteiger partial charge on any atom is 0.204 e. The van der Waals surface area contributed by atoms with Gasteiger partial charge in [-0.1, -0.05) is 45.9 Å². The van der Waals surface area contributed by atoms with Gasteiger partial charge in [-0.25, -0.2) is 0 Å². The first-order chi connectivity index (χ1) is 16.0. The summed E-state index contributed by atoms with van der Waals surface area (Å²) in [6, 6.07) is 14.0. The molecular formula is C28H40N2O3. The second-order valence-electron chi connectivity index (χ2n) is 8.72. The van der Waals surface area contributed by atoms with Crippen LogP contribution in [-0.4, -0.2) is 54.7 Å². The second-order valence-corrected chi connectivity index (χ2v) is 8.72. The van der Waals surface area contributed by atoms with Crippen molar-refractivity contribution in [2.24, 2.45) is 0 Å². The molecule has 0 spiro atoms. The zero-order chi connectivity index (χ0) is 23.8. The zero-order valence-corrected chi connectivity index (χ0v) is 21.0. The number of para-hydroxylation sites is 1. The minimum atomic E-state index is -0.0317. The van der Waals surface area contributed by atoms with Crippen molar-refractivity contribution in [3.8, 4) is 5.75 Å². The molecule has 0 amide bonds. The van der Waals surface area contributed by atoms with Crippen molar-refractivity contribution < 1.29 is 9.15 Å². The molecule has 3 rings (SSSR count). The lowest BCUT2D eigenvalue weighted by molar-refractivity contribution is 0.147. The predicted molar refractivity (Wildman–Crippen MR) is 138 cm³/mol. The number of rotatable bonds is 13. The largest absolute Gasteiger partial charge is 0.493 e. The Morgan fingerprint density at radius 1 is 0.818 bits per heavy atom. The van der Waals surface area contributed by atoms with Gasteiger partial charge in [0.1, 0.15) is 22.3 Å². The van der Waals surface area contributed by atoms with E-state index in [1.54, 1.807) is 0 Å². The molecule has 0 N–H and O–H groups in total. The molecule has 2 atom stereocenters. The summed E-state index contributed by atoms with van der Waals surface area (Å²) < 4.78 is 12.2. The molecule has 3 aromatic rings. The third kappa shape index (κ3) is 5.96. The quantitative estimate of drug-likeness (QED) is 0.301. The summed E-state index contributed by atoms with van der Waals surface area (Å²) in [5, 5.41) is 1.12. The molecule has 0 saturated heterocycles. The minimum Gasteiger partial charge on any atom is -0.493 e. The van der Waals surface area contributed by atoms with Crippen molar-refractivity contribution in [2.75, 3.05) is 32.8 Å².